The second-order valence-electron chi connectivity index (χ2n) is 5.15. The molecule has 1 aromatic heterocycles. The van der Waals surface area contributed by atoms with E-state index in [-0.39, 0.29) is 22.0 Å². The Balaban J connectivity index is 2.29. The maximum absolute atomic E-state index is 13.6. The number of nitrogens with zero attached hydrogens (tertiary/aromatic N) is 1. The molecule has 24 heavy (non-hydrogen) atoms. The number of halogens is 4. The zero-order chi connectivity index (χ0) is 17.5. The van der Waals surface area contributed by atoms with Crippen molar-refractivity contribution in [2.45, 2.75) is 6.18 Å². The van der Waals surface area contributed by atoms with Crippen molar-refractivity contribution in [3.8, 4) is 17.2 Å². The molecule has 1 heterocycles. The van der Waals surface area contributed by atoms with Crippen LogP contribution in [-0.4, -0.2) is 4.98 Å². The van der Waals surface area contributed by atoms with E-state index in [2.05, 4.69) is 4.98 Å². The third-order valence-electron chi connectivity index (χ3n) is 3.51. The zero-order valence-corrected chi connectivity index (χ0v) is 11.9. The van der Waals surface area contributed by atoms with Gasteiger partial charge in [0.05, 0.1) is 17.2 Å². The topological polar surface area (TPSA) is 56.6 Å². The molecule has 0 aliphatic rings. The van der Waals surface area contributed by atoms with Crippen LogP contribution >= 0.6 is 0 Å². The second-order valence-corrected chi connectivity index (χ2v) is 5.15. The highest BCUT2D eigenvalue weighted by Crippen LogP contribution is 2.35. The molecule has 0 atom stereocenters. The summed E-state index contributed by atoms with van der Waals surface area (Å²) in [7, 11) is 0. The Hall–Kier alpha value is -3.14. The van der Waals surface area contributed by atoms with Gasteiger partial charge in [-0.3, -0.25) is 4.79 Å². The van der Waals surface area contributed by atoms with Crippen molar-refractivity contribution in [2.24, 2.45) is 0 Å². The predicted octanol–water partition coefficient (Wildman–Crippen LogP) is 4.22. The molecule has 0 aliphatic heterocycles. The first-order valence-electron chi connectivity index (χ1n) is 6.73. The van der Waals surface area contributed by atoms with Crippen LogP contribution in [0.5, 0.6) is 0 Å². The molecule has 0 radical (unpaired) electrons. The van der Waals surface area contributed by atoms with E-state index in [1.54, 1.807) is 6.07 Å². The first kappa shape index (κ1) is 15.7. The summed E-state index contributed by atoms with van der Waals surface area (Å²) < 4.78 is 53.0. The summed E-state index contributed by atoms with van der Waals surface area (Å²) >= 11 is 0. The number of hydrogen-bond acceptors (Lipinski definition) is 2. The van der Waals surface area contributed by atoms with Gasteiger partial charge < -0.3 is 4.98 Å². The van der Waals surface area contributed by atoms with Crippen molar-refractivity contribution in [1.82, 2.24) is 4.98 Å². The van der Waals surface area contributed by atoms with Gasteiger partial charge in [-0.25, -0.2) is 4.39 Å². The van der Waals surface area contributed by atoms with Gasteiger partial charge in [-0.1, -0.05) is 6.07 Å². The third kappa shape index (κ3) is 2.86. The summed E-state index contributed by atoms with van der Waals surface area (Å²) in [4.78, 5) is 13.7. The van der Waals surface area contributed by atoms with Crippen molar-refractivity contribution >= 4 is 10.9 Å². The van der Waals surface area contributed by atoms with Crippen molar-refractivity contribution in [3.05, 3.63) is 69.8 Å². The van der Waals surface area contributed by atoms with Crippen LogP contribution in [0.15, 0.2) is 47.3 Å². The number of aromatic amines is 1. The Labute approximate surface area is 132 Å². The SMILES string of the molecule is N#Cc1cc(F)cc(-c2ccc3[nH]c(=O)cc(C(F)(F)F)c3c2)c1. The van der Waals surface area contributed by atoms with Gasteiger partial charge in [-0.15, -0.1) is 0 Å². The van der Waals surface area contributed by atoms with Crippen LogP contribution in [-0.2, 0) is 6.18 Å². The minimum Gasteiger partial charge on any atom is -0.322 e. The van der Waals surface area contributed by atoms with Gasteiger partial charge in [0, 0.05) is 17.0 Å². The lowest BCUT2D eigenvalue weighted by Gasteiger charge is -2.11. The highest BCUT2D eigenvalue weighted by Gasteiger charge is 2.33. The van der Waals surface area contributed by atoms with E-state index in [0.29, 0.717) is 11.6 Å². The second kappa shape index (κ2) is 5.49. The van der Waals surface area contributed by atoms with Crippen LogP contribution in [0.1, 0.15) is 11.1 Å². The van der Waals surface area contributed by atoms with Crippen molar-refractivity contribution in [3.63, 3.8) is 0 Å². The fourth-order valence-corrected chi connectivity index (χ4v) is 2.49. The first-order valence-corrected chi connectivity index (χ1v) is 6.73. The number of H-pyrrole nitrogens is 1. The van der Waals surface area contributed by atoms with Crippen LogP contribution in [0.3, 0.4) is 0 Å². The molecule has 3 aromatic rings. The number of fused-ring (bicyclic) bond motifs is 1. The largest absolute Gasteiger partial charge is 0.417 e. The highest BCUT2D eigenvalue weighted by molar-refractivity contribution is 5.87. The maximum atomic E-state index is 13.6. The van der Waals surface area contributed by atoms with Gasteiger partial charge in [-0.2, -0.15) is 18.4 Å². The zero-order valence-electron chi connectivity index (χ0n) is 11.9. The van der Waals surface area contributed by atoms with Crippen molar-refractivity contribution < 1.29 is 17.6 Å². The van der Waals surface area contributed by atoms with E-state index in [1.807, 2.05) is 0 Å². The Morgan fingerprint density at radius 1 is 1.00 bits per heavy atom. The molecule has 0 fully saturated rings. The van der Waals surface area contributed by atoms with Gasteiger partial charge in [-0.05, 0) is 41.5 Å². The lowest BCUT2D eigenvalue weighted by atomic mass is 9.99. The summed E-state index contributed by atoms with van der Waals surface area (Å²) in [5.41, 5.74) is -1.28. The van der Waals surface area contributed by atoms with E-state index in [0.717, 1.165) is 12.1 Å². The molecule has 120 valence electrons. The molecule has 0 saturated heterocycles. The molecule has 0 unspecified atom stereocenters. The average molecular weight is 332 g/mol. The molecular formula is C17H8F4N2O. The standard InChI is InChI=1S/C17H8F4N2O/c18-12-4-9(8-22)3-11(5-12)10-1-2-15-13(6-10)14(17(19,20)21)7-16(24)23-15/h1-7H,(H,23,24). The van der Waals surface area contributed by atoms with E-state index >= 15 is 0 Å². The van der Waals surface area contributed by atoms with Crippen molar-refractivity contribution in [2.75, 3.05) is 0 Å². The minimum atomic E-state index is -4.70. The van der Waals surface area contributed by atoms with Crippen LogP contribution < -0.4 is 5.56 Å². The van der Waals surface area contributed by atoms with Crippen LogP contribution in [0.25, 0.3) is 22.0 Å². The average Bonchev–Trinajstić information content (AvgIpc) is 2.52. The normalized spacial score (nSPS) is 11.5. The van der Waals surface area contributed by atoms with Crippen LogP contribution in [0, 0.1) is 17.1 Å². The smallest absolute Gasteiger partial charge is 0.322 e. The molecule has 0 aliphatic carbocycles. The summed E-state index contributed by atoms with van der Waals surface area (Å²) in [6.45, 7) is 0. The number of pyridine rings is 1. The number of hydrogen-bond donors (Lipinski definition) is 1. The molecule has 0 spiro atoms. The van der Waals surface area contributed by atoms with E-state index in [1.165, 1.54) is 24.3 Å². The van der Waals surface area contributed by atoms with Gasteiger partial charge in [0.15, 0.2) is 0 Å². The fraction of sp³-hybridized carbons (Fsp3) is 0.0588. The van der Waals surface area contributed by atoms with E-state index < -0.39 is 23.1 Å². The minimum absolute atomic E-state index is 0.0236. The number of nitrogens with one attached hydrogen (secondary N) is 1. The first-order chi connectivity index (χ1) is 11.3. The Morgan fingerprint density at radius 2 is 1.75 bits per heavy atom. The fourth-order valence-electron chi connectivity index (χ4n) is 2.49. The lowest BCUT2D eigenvalue weighted by molar-refractivity contribution is -0.136. The summed E-state index contributed by atoms with van der Waals surface area (Å²) in [5, 5.41) is 8.68. The molecule has 7 heteroatoms. The van der Waals surface area contributed by atoms with Gasteiger partial charge in [0.1, 0.15) is 5.82 Å². The maximum Gasteiger partial charge on any atom is 0.417 e. The number of benzene rings is 2. The number of alkyl halides is 3. The Morgan fingerprint density at radius 3 is 2.42 bits per heavy atom. The predicted molar refractivity (Wildman–Crippen MR) is 79.7 cm³/mol. The molecule has 0 bridgehead atoms. The number of aromatic nitrogens is 1. The van der Waals surface area contributed by atoms with Gasteiger partial charge in [0.25, 0.3) is 0 Å². The van der Waals surface area contributed by atoms with Gasteiger partial charge in [0.2, 0.25) is 5.56 Å². The Bertz CT molecular complexity index is 1050. The molecule has 1 N–H and O–H groups in total. The molecule has 2 aromatic carbocycles. The van der Waals surface area contributed by atoms with Crippen LogP contribution in [0.2, 0.25) is 0 Å². The highest BCUT2D eigenvalue weighted by atomic mass is 19.4. The molecule has 0 amide bonds. The Kier molecular flexibility index (Phi) is 3.60. The lowest BCUT2D eigenvalue weighted by Crippen LogP contribution is -2.13. The molecule has 0 saturated carbocycles. The monoisotopic (exact) mass is 332 g/mol. The molecule has 3 nitrogen and oxygen atoms in total. The summed E-state index contributed by atoms with van der Waals surface area (Å²) in [6, 6.07) is 9.79. The van der Waals surface area contributed by atoms with E-state index in [4.69, 9.17) is 5.26 Å². The van der Waals surface area contributed by atoms with Crippen molar-refractivity contribution in [1.29, 1.82) is 5.26 Å². The molecule has 3 rings (SSSR count). The molecular weight excluding hydrogens is 324 g/mol. The number of rotatable bonds is 1. The van der Waals surface area contributed by atoms with E-state index in [9.17, 15) is 22.4 Å². The third-order valence-corrected chi connectivity index (χ3v) is 3.51. The summed E-state index contributed by atoms with van der Waals surface area (Å²) in [6.07, 6.45) is -4.70. The van der Waals surface area contributed by atoms with Crippen LogP contribution in [0.4, 0.5) is 17.6 Å². The quantitative estimate of drug-likeness (QED) is 0.678. The van der Waals surface area contributed by atoms with Gasteiger partial charge >= 0.3 is 6.18 Å². The summed E-state index contributed by atoms with van der Waals surface area (Å²) in [5.74, 6) is -0.665. The number of nitriles is 1.